The fourth-order valence-electron chi connectivity index (χ4n) is 3.29. The Balaban J connectivity index is 1.42. The first-order valence-electron chi connectivity index (χ1n) is 9.90. The van der Waals surface area contributed by atoms with Crippen molar-refractivity contribution in [1.82, 2.24) is 10.3 Å². The molecule has 2 N–H and O–H groups in total. The molecule has 4 aromatic rings. The average molecular weight is 462 g/mol. The lowest BCUT2D eigenvalue weighted by Gasteiger charge is -2.07. The van der Waals surface area contributed by atoms with E-state index in [0.29, 0.717) is 27.7 Å². The highest BCUT2D eigenvalue weighted by Crippen LogP contribution is 2.27. The van der Waals surface area contributed by atoms with Crippen LogP contribution in [0.3, 0.4) is 0 Å². The van der Waals surface area contributed by atoms with Crippen LogP contribution in [0, 0.1) is 13.8 Å². The van der Waals surface area contributed by atoms with Gasteiger partial charge in [-0.15, -0.1) is 0 Å². The highest BCUT2D eigenvalue weighted by Gasteiger charge is 2.10. The maximum atomic E-state index is 12.1. The number of thiocarbonyl (C=S) groups is 1. The Morgan fingerprint density at radius 1 is 1.03 bits per heavy atom. The standard InChI is InChI=1S/C25H20ClN3O2S/c1-15-11-16(2)13-18(12-15)24-28-21-14-20(8-9-22(21)31-24)27-25(32)29-23(30)10-5-17-3-6-19(26)7-4-17/h3-14H,1-2H3,(H2,27,29,30,32)/b10-5+. The van der Waals surface area contributed by atoms with Crippen molar-refractivity contribution in [2.45, 2.75) is 13.8 Å². The number of halogens is 1. The number of amides is 1. The molecule has 0 atom stereocenters. The van der Waals surface area contributed by atoms with E-state index in [1.54, 1.807) is 18.2 Å². The van der Waals surface area contributed by atoms with Gasteiger partial charge < -0.3 is 9.73 Å². The summed E-state index contributed by atoms with van der Waals surface area (Å²) in [4.78, 5) is 16.7. The molecule has 5 nitrogen and oxygen atoms in total. The van der Waals surface area contributed by atoms with E-state index in [1.165, 1.54) is 6.08 Å². The third-order valence-corrected chi connectivity index (χ3v) is 5.10. The van der Waals surface area contributed by atoms with Gasteiger partial charge in [0.2, 0.25) is 11.8 Å². The molecule has 0 aliphatic heterocycles. The molecule has 0 spiro atoms. The van der Waals surface area contributed by atoms with E-state index in [4.69, 9.17) is 28.2 Å². The minimum Gasteiger partial charge on any atom is -0.436 e. The molecule has 0 fully saturated rings. The van der Waals surface area contributed by atoms with E-state index < -0.39 is 0 Å². The first-order valence-corrected chi connectivity index (χ1v) is 10.7. The minimum atomic E-state index is -0.336. The van der Waals surface area contributed by atoms with Crippen molar-refractivity contribution in [1.29, 1.82) is 0 Å². The zero-order chi connectivity index (χ0) is 22.7. The molecule has 3 aromatic carbocycles. The van der Waals surface area contributed by atoms with E-state index in [-0.39, 0.29) is 11.0 Å². The molecular weight excluding hydrogens is 442 g/mol. The Morgan fingerprint density at radius 3 is 2.47 bits per heavy atom. The number of nitrogens with one attached hydrogen (secondary N) is 2. The van der Waals surface area contributed by atoms with E-state index in [9.17, 15) is 4.79 Å². The smallest absolute Gasteiger partial charge is 0.250 e. The summed E-state index contributed by atoms with van der Waals surface area (Å²) in [6, 6.07) is 18.8. The Morgan fingerprint density at radius 2 is 1.75 bits per heavy atom. The van der Waals surface area contributed by atoms with Gasteiger partial charge in [-0.1, -0.05) is 40.9 Å². The van der Waals surface area contributed by atoms with Crippen molar-refractivity contribution in [3.63, 3.8) is 0 Å². The molecule has 0 bridgehead atoms. The predicted octanol–water partition coefficient (Wildman–Crippen LogP) is 6.29. The molecule has 1 amide bonds. The summed E-state index contributed by atoms with van der Waals surface area (Å²) >= 11 is 11.1. The first-order chi connectivity index (χ1) is 15.4. The Bertz CT molecular complexity index is 1320. The summed E-state index contributed by atoms with van der Waals surface area (Å²) < 4.78 is 5.91. The van der Waals surface area contributed by atoms with Gasteiger partial charge in [0.15, 0.2) is 10.7 Å². The van der Waals surface area contributed by atoms with Crippen LogP contribution in [0.2, 0.25) is 5.02 Å². The molecule has 0 saturated carbocycles. The van der Waals surface area contributed by atoms with Gasteiger partial charge in [0.1, 0.15) is 5.52 Å². The second-order valence-corrected chi connectivity index (χ2v) is 8.25. The van der Waals surface area contributed by atoms with Crippen molar-refractivity contribution in [2.24, 2.45) is 0 Å². The minimum absolute atomic E-state index is 0.188. The van der Waals surface area contributed by atoms with Crippen molar-refractivity contribution in [3.8, 4) is 11.5 Å². The molecule has 0 aliphatic carbocycles. The lowest BCUT2D eigenvalue weighted by atomic mass is 10.1. The number of rotatable bonds is 4. The molecule has 0 radical (unpaired) electrons. The number of anilines is 1. The van der Waals surface area contributed by atoms with Gasteiger partial charge in [-0.25, -0.2) is 4.98 Å². The Kier molecular flexibility index (Phi) is 6.35. The molecule has 4 rings (SSSR count). The number of hydrogen-bond acceptors (Lipinski definition) is 4. The molecular formula is C25H20ClN3O2S. The summed E-state index contributed by atoms with van der Waals surface area (Å²) in [5.74, 6) is 0.226. The topological polar surface area (TPSA) is 67.2 Å². The highest BCUT2D eigenvalue weighted by atomic mass is 35.5. The number of nitrogens with zero attached hydrogens (tertiary/aromatic N) is 1. The number of aryl methyl sites for hydroxylation is 2. The lowest BCUT2D eigenvalue weighted by molar-refractivity contribution is -0.115. The molecule has 160 valence electrons. The van der Waals surface area contributed by atoms with Crippen LogP contribution in [0.15, 0.2) is 71.2 Å². The number of aromatic nitrogens is 1. The van der Waals surface area contributed by atoms with Gasteiger partial charge in [-0.3, -0.25) is 10.1 Å². The fourth-order valence-corrected chi connectivity index (χ4v) is 3.63. The van der Waals surface area contributed by atoms with Crippen LogP contribution in [0.1, 0.15) is 16.7 Å². The zero-order valence-corrected chi connectivity index (χ0v) is 19.1. The first kappa shape index (κ1) is 21.7. The third kappa shape index (κ3) is 5.41. The molecule has 0 saturated heterocycles. The summed E-state index contributed by atoms with van der Waals surface area (Å²) in [5, 5.41) is 6.46. The van der Waals surface area contributed by atoms with Gasteiger partial charge in [0.05, 0.1) is 0 Å². The Labute approximate surface area is 196 Å². The number of hydrogen-bond donors (Lipinski definition) is 2. The number of fused-ring (bicyclic) bond motifs is 1. The van der Waals surface area contributed by atoms with Gasteiger partial charge in [-0.05, 0) is 80.2 Å². The van der Waals surface area contributed by atoms with Gasteiger partial charge in [0.25, 0.3) is 0 Å². The van der Waals surface area contributed by atoms with Crippen molar-refractivity contribution < 1.29 is 9.21 Å². The van der Waals surface area contributed by atoms with Crippen LogP contribution in [-0.2, 0) is 4.79 Å². The monoisotopic (exact) mass is 461 g/mol. The SMILES string of the molecule is Cc1cc(C)cc(-c2nc3cc(NC(=S)NC(=O)/C=C/c4ccc(Cl)cc4)ccc3o2)c1. The molecule has 32 heavy (non-hydrogen) atoms. The number of oxazole rings is 1. The van der Waals surface area contributed by atoms with Crippen LogP contribution in [0.25, 0.3) is 28.6 Å². The fraction of sp³-hybridized carbons (Fsp3) is 0.0800. The molecule has 0 aliphatic rings. The van der Waals surface area contributed by atoms with Crippen LogP contribution in [0.5, 0.6) is 0 Å². The van der Waals surface area contributed by atoms with Crippen LogP contribution in [0.4, 0.5) is 5.69 Å². The quantitative estimate of drug-likeness (QED) is 0.276. The highest BCUT2D eigenvalue weighted by molar-refractivity contribution is 7.80. The summed E-state index contributed by atoms with van der Waals surface area (Å²) in [6.45, 7) is 4.09. The maximum absolute atomic E-state index is 12.1. The van der Waals surface area contributed by atoms with Crippen molar-refractivity contribution in [2.75, 3.05) is 5.32 Å². The predicted molar refractivity (Wildman–Crippen MR) is 134 cm³/mol. The molecule has 7 heteroatoms. The molecule has 0 unspecified atom stereocenters. The average Bonchev–Trinajstić information content (AvgIpc) is 3.16. The third-order valence-electron chi connectivity index (χ3n) is 4.65. The van der Waals surface area contributed by atoms with Crippen LogP contribution >= 0.6 is 23.8 Å². The van der Waals surface area contributed by atoms with Gasteiger partial charge >= 0.3 is 0 Å². The lowest BCUT2D eigenvalue weighted by Crippen LogP contribution is -2.32. The normalized spacial score (nSPS) is 11.1. The van der Waals surface area contributed by atoms with Crippen LogP contribution < -0.4 is 10.6 Å². The summed E-state index contributed by atoms with van der Waals surface area (Å²) in [7, 11) is 0. The molecule has 1 heterocycles. The summed E-state index contributed by atoms with van der Waals surface area (Å²) in [5.41, 5.74) is 6.16. The van der Waals surface area contributed by atoms with Crippen molar-refractivity contribution >= 4 is 57.7 Å². The number of benzene rings is 3. The van der Waals surface area contributed by atoms with Crippen LogP contribution in [-0.4, -0.2) is 16.0 Å². The number of carbonyl (C=O) groups excluding carboxylic acids is 1. The van der Waals surface area contributed by atoms with Gasteiger partial charge in [-0.2, -0.15) is 0 Å². The number of carbonyl (C=O) groups is 1. The summed E-state index contributed by atoms with van der Waals surface area (Å²) in [6.07, 6.45) is 3.10. The van der Waals surface area contributed by atoms with E-state index in [0.717, 1.165) is 22.3 Å². The van der Waals surface area contributed by atoms with Crippen molar-refractivity contribution in [3.05, 3.63) is 88.5 Å². The van der Waals surface area contributed by atoms with E-state index >= 15 is 0 Å². The van der Waals surface area contributed by atoms with E-state index in [2.05, 4.69) is 21.7 Å². The van der Waals surface area contributed by atoms with E-state index in [1.807, 2.05) is 56.3 Å². The zero-order valence-electron chi connectivity index (χ0n) is 17.5. The second-order valence-electron chi connectivity index (χ2n) is 7.41. The van der Waals surface area contributed by atoms with Gasteiger partial charge in [0, 0.05) is 22.3 Å². The second kappa shape index (κ2) is 9.34. The maximum Gasteiger partial charge on any atom is 0.250 e. The largest absolute Gasteiger partial charge is 0.436 e. The Hall–Kier alpha value is -3.48. The molecule has 1 aromatic heterocycles.